The smallest absolute Gasteiger partial charge is 0.322 e. The number of aromatic nitrogens is 2. The number of carboxylic acids is 1. The second kappa shape index (κ2) is 4.24. The van der Waals surface area contributed by atoms with Crippen LogP contribution in [-0.2, 0) is 4.79 Å². The number of carboxylic acid groups (broad SMARTS) is 1. The molecule has 1 rings (SSSR count). The molecule has 0 saturated heterocycles. The molecule has 2 N–H and O–H groups in total. The van der Waals surface area contributed by atoms with Crippen LogP contribution in [0.25, 0.3) is 0 Å². The van der Waals surface area contributed by atoms with E-state index in [4.69, 9.17) is 9.84 Å². The van der Waals surface area contributed by atoms with Gasteiger partial charge >= 0.3 is 12.0 Å². The monoisotopic (exact) mass is 183 g/mol. The summed E-state index contributed by atoms with van der Waals surface area (Å²) in [6.45, 7) is -0.180. The molecule has 70 valence electrons. The average molecular weight is 183 g/mol. The van der Waals surface area contributed by atoms with Gasteiger partial charge in [-0.1, -0.05) is 0 Å². The number of hydrogen-bond donors (Lipinski definition) is 2. The fraction of sp³-hybridized carbons (Fsp3) is 0.286. The van der Waals surface area contributed by atoms with Crippen molar-refractivity contribution in [1.82, 2.24) is 9.97 Å². The Morgan fingerprint density at radius 2 is 2.54 bits per heavy atom. The highest BCUT2D eigenvalue weighted by atomic mass is 16.5. The largest absolute Gasteiger partial charge is 0.480 e. The Balaban J connectivity index is 2.61. The van der Waals surface area contributed by atoms with Crippen LogP contribution in [0.3, 0.4) is 0 Å². The van der Waals surface area contributed by atoms with E-state index in [-0.39, 0.29) is 12.6 Å². The molecule has 0 aliphatic heterocycles. The SMILES string of the molecule is COc1nccc(NCC(=O)O)n1. The zero-order chi connectivity index (χ0) is 9.68. The van der Waals surface area contributed by atoms with E-state index in [2.05, 4.69) is 15.3 Å². The van der Waals surface area contributed by atoms with Crippen LogP contribution in [0, 0.1) is 0 Å². The molecule has 0 radical (unpaired) electrons. The van der Waals surface area contributed by atoms with E-state index in [1.165, 1.54) is 13.3 Å². The summed E-state index contributed by atoms with van der Waals surface area (Å²) in [5, 5.41) is 11.0. The minimum Gasteiger partial charge on any atom is -0.480 e. The van der Waals surface area contributed by atoms with Crippen LogP contribution in [-0.4, -0.2) is 34.7 Å². The van der Waals surface area contributed by atoms with E-state index in [0.29, 0.717) is 5.82 Å². The third kappa shape index (κ3) is 2.94. The van der Waals surface area contributed by atoms with Crippen molar-refractivity contribution in [1.29, 1.82) is 0 Å². The highest BCUT2D eigenvalue weighted by Crippen LogP contribution is 2.05. The molecule has 0 saturated carbocycles. The zero-order valence-electron chi connectivity index (χ0n) is 7.02. The molecule has 0 spiro atoms. The van der Waals surface area contributed by atoms with Crippen LogP contribution >= 0.6 is 0 Å². The highest BCUT2D eigenvalue weighted by molar-refractivity contribution is 5.72. The van der Waals surface area contributed by atoms with E-state index in [9.17, 15) is 4.79 Å². The molecule has 0 unspecified atom stereocenters. The van der Waals surface area contributed by atoms with Crippen LogP contribution in [0.4, 0.5) is 5.82 Å². The van der Waals surface area contributed by atoms with Gasteiger partial charge in [0.15, 0.2) is 0 Å². The number of carbonyl (C=O) groups is 1. The molecule has 1 aromatic heterocycles. The lowest BCUT2D eigenvalue weighted by atomic mass is 10.5. The van der Waals surface area contributed by atoms with E-state index in [1.807, 2.05) is 0 Å². The van der Waals surface area contributed by atoms with Crippen LogP contribution in [0.1, 0.15) is 0 Å². The molecule has 0 bridgehead atoms. The zero-order valence-corrected chi connectivity index (χ0v) is 7.02. The Kier molecular flexibility index (Phi) is 3.02. The second-order valence-electron chi connectivity index (χ2n) is 2.18. The number of nitrogens with zero attached hydrogens (tertiary/aromatic N) is 2. The van der Waals surface area contributed by atoms with E-state index >= 15 is 0 Å². The van der Waals surface area contributed by atoms with Crippen molar-refractivity contribution in [2.24, 2.45) is 0 Å². The molecular formula is C7H9N3O3. The van der Waals surface area contributed by atoms with Crippen molar-refractivity contribution in [3.05, 3.63) is 12.3 Å². The van der Waals surface area contributed by atoms with Crippen molar-refractivity contribution in [2.75, 3.05) is 19.0 Å². The van der Waals surface area contributed by atoms with Crippen LogP contribution in [0.5, 0.6) is 6.01 Å². The van der Waals surface area contributed by atoms with Gasteiger partial charge in [0.25, 0.3) is 0 Å². The second-order valence-corrected chi connectivity index (χ2v) is 2.18. The normalized spacial score (nSPS) is 9.31. The summed E-state index contributed by atoms with van der Waals surface area (Å²) in [6.07, 6.45) is 1.48. The van der Waals surface area contributed by atoms with Gasteiger partial charge in [-0.15, -0.1) is 0 Å². The van der Waals surface area contributed by atoms with Crippen LogP contribution in [0.2, 0.25) is 0 Å². The summed E-state index contributed by atoms with van der Waals surface area (Å²) >= 11 is 0. The fourth-order valence-electron chi connectivity index (χ4n) is 0.704. The molecule has 1 heterocycles. The van der Waals surface area contributed by atoms with Crippen LogP contribution in [0.15, 0.2) is 12.3 Å². The lowest BCUT2D eigenvalue weighted by Gasteiger charge is -2.02. The lowest BCUT2D eigenvalue weighted by Crippen LogP contribution is -2.13. The molecule has 6 heteroatoms. The first-order valence-corrected chi connectivity index (χ1v) is 3.55. The quantitative estimate of drug-likeness (QED) is 0.682. The number of nitrogens with one attached hydrogen (secondary N) is 1. The molecule has 0 aliphatic rings. The molecule has 1 aromatic rings. The Morgan fingerprint density at radius 3 is 3.15 bits per heavy atom. The molecule has 0 fully saturated rings. The number of hydrogen-bond acceptors (Lipinski definition) is 5. The Labute approximate surface area is 74.6 Å². The molecule has 0 atom stereocenters. The predicted molar refractivity (Wildman–Crippen MR) is 44.7 cm³/mol. The summed E-state index contributed by atoms with van der Waals surface area (Å²) in [5.41, 5.74) is 0. The van der Waals surface area contributed by atoms with Crippen molar-refractivity contribution >= 4 is 11.8 Å². The van der Waals surface area contributed by atoms with Gasteiger partial charge in [-0.25, -0.2) is 4.98 Å². The van der Waals surface area contributed by atoms with Gasteiger partial charge in [0.05, 0.1) is 7.11 Å². The van der Waals surface area contributed by atoms with Gasteiger partial charge in [-0.05, 0) is 6.07 Å². The predicted octanol–water partition coefficient (Wildman–Crippen LogP) is -0.0183. The van der Waals surface area contributed by atoms with Gasteiger partial charge in [-0.2, -0.15) is 4.98 Å². The molecule has 0 aromatic carbocycles. The number of methoxy groups -OCH3 is 1. The van der Waals surface area contributed by atoms with Crippen LogP contribution < -0.4 is 10.1 Å². The molecule has 6 nitrogen and oxygen atoms in total. The van der Waals surface area contributed by atoms with E-state index < -0.39 is 5.97 Å². The summed E-state index contributed by atoms with van der Waals surface area (Å²) in [5.74, 6) is -0.521. The summed E-state index contributed by atoms with van der Waals surface area (Å²) in [6, 6.07) is 1.77. The third-order valence-electron chi connectivity index (χ3n) is 1.24. The van der Waals surface area contributed by atoms with Crippen molar-refractivity contribution in [2.45, 2.75) is 0 Å². The van der Waals surface area contributed by atoms with Gasteiger partial charge in [-0.3, -0.25) is 4.79 Å². The van der Waals surface area contributed by atoms with E-state index in [0.717, 1.165) is 0 Å². The first-order valence-electron chi connectivity index (χ1n) is 3.55. The third-order valence-corrected chi connectivity index (χ3v) is 1.24. The average Bonchev–Trinajstić information content (AvgIpc) is 2.15. The van der Waals surface area contributed by atoms with Gasteiger partial charge in [0.1, 0.15) is 12.4 Å². The number of aliphatic carboxylic acids is 1. The van der Waals surface area contributed by atoms with Gasteiger partial charge in [0.2, 0.25) is 0 Å². The molecule has 0 aliphatic carbocycles. The van der Waals surface area contributed by atoms with Crippen molar-refractivity contribution in [3.63, 3.8) is 0 Å². The first-order chi connectivity index (χ1) is 6.22. The fourth-order valence-corrected chi connectivity index (χ4v) is 0.704. The van der Waals surface area contributed by atoms with Gasteiger partial charge < -0.3 is 15.2 Å². The number of anilines is 1. The maximum absolute atomic E-state index is 10.2. The first kappa shape index (κ1) is 9.24. The van der Waals surface area contributed by atoms with Crippen molar-refractivity contribution in [3.8, 4) is 6.01 Å². The summed E-state index contributed by atoms with van der Waals surface area (Å²) < 4.78 is 4.75. The Hall–Kier alpha value is -1.85. The van der Waals surface area contributed by atoms with Gasteiger partial charge in [0, 0.05) is 6.20 Å². The molecule has 13 heavy (non-hydrogen) atoms. The minimum absolute atomic E-state index is 0.180. The van der Waals surface area contributed by atoms with E-state index in [1.54, 1.807) is 6.07 Å². The number of ether oxygens (including phenoxy) is 1. The number of rotatable bonds is 4. The molecular weight excluding hydrogens is 174 g/mol. The topological polar surface area (TPSA) is 84.3 Å². The minimum atomic E-state index is -0.947. The highest BCUT2D eigenvalue weighted by Gasteiger charge is 1.99. The Morgan fingerprint density at radius 1 is 1.77 bits per heavy atom. The maximum atomic E-state index is 10.2. The van der Waals surface area contributed by atoms with Crippen molar-refractivity contribution < 1.29 is 14.6 Å². The summed E-state index contributed by atoms with van der Waals surface area (Å²) in [4.78, 5) is 17.8. The summed E-state index contributed by atoms with van der Waals surface area (Å²) in [7, 11) is 1.44. The Bertz CT molecular complexity index is 303. The maximum Gasteiger partial charge on any atom is 0.322 e. The lowest BCUT2D eigenvalue weighted by molar-refractivity contribution is -0.134. The standard InChI is InChI=1S/C7H9N3O3/c1-13-7-8-3-2-5(10-7)9-4-6(11)12/h2-3H,4H2,1H3,(H,11,12)(H,8,9,10). The molecule has 0 amide bonds.